The van der Waals surface area contributed by atoms with Gasteiger partial charge in [-0.2, -0.15) is 0 Å². The number of nitrogens with one attached hydrogen (secondary N) is 2. The second kappa shape index (κ2) is 8.57. The number of carbonyl (C=O) groups is 2. The molecule has 24 heavy (non-hydrogen) atoms. The fraction of sp³-hybridized carbons (Fsp3) is 0.556. The normalized spacial score (nSPS) is 15.0. The number of hydrazine groups is 1. The molecule has 0 aromatic heterocycles. The zero-order valence-electron chi connectivity index (χ0n) is 14.6. The molecule has 0 saturated heterocycles. The molecule has 6 nitrogen and oxygen atoms in total. The van der Waals surface area contributed by atoms with Crippen molar-refractivity contribution < 1.29 is 19.1 Å². The molecule has 1 aliphatic rings. The number of rotatable bonds is 5. The van der Waals surface area contributed by atoms with Crippen molar-refractivity contribution in [3.63, 3.8) is 0 Å². The summed E-state index contributed by atoms with van der Waals surface area (Å²) in [7, 11) is 1.52. The van der Waals surface area contributed by atoms with Crippen molar-refractivity contribution in [1.82, 2.24) is 10.9 Å². The minimum absolute atomic E-state index is 0.00426. The van der Waals surface area contributed by atoms with Crippen LogP contribution in [0.3, 0.4) is 0 Å². The molecular weight excluding hydrogens is 308 g/mol. The van der Waals surface area contributed by atoms with E-state index in [-0.39, 0.29) is 23.8 Å². The highest BCUT2D eigenvalue weighted by Gasteiger charge is 2.21. The van der Waals surface area contributed by atoms with E-state index in [9.17, 15) is 9.59 Å². The van der Waals surface area contributed by atoms with Gasteiger partial charge in [0.2, 0.25) is 5.91 Å². The van der Waals surface area contributed by atoms with Crippen LogP contribution in [-0.4, -0.2) is 25.0 Å². The first-order chi connectivity index (χ1) is 11.5. The molecule has 1 saturated carbocycles. The molecule has 1 fully saturated rings. The van der Waals surface area contributed by atoms with E-state index in [1.165, 1.54) is 13.5 Å². The molecule has 1 aliphatic carbocycles. The summed E-state index contributed by atoms with van der Waals surface area (Å²) in [6.07, 6.45) is 5.10. The maximum atomic E-state index is 12.2. The standard InChI is InChI=1S/C18H26N2O4/c1-12(2)24-15-10-9-14(11-16(15)23-3)18(22)20-19-17(21)13-7-5-4-6-8-13/h9-13H,4-8H2,1-3H3,(H,19,21)(H,20,22). The van der Waals surface area contributed by atoms with Crippen LogP contribution < -0.4 is 20.3 Å². The topological polar surface area (TPSA) is 76.7 Å². The SMILES string of the molecule is COc1cc(C(=O)NNC(=O)C2CCCCC2)ccc1OC(C)C. The molecule has 0 atom stereocenters. The fourth-order valence-corrected chi connectivity index (χ4v) is 2.82. The molecule has 6 heteroatoms. The number of ether oxygens (including phenoxy) is 2. The van der Waals surface area contributed by atoms with Crippen LogP contribution in [0.1, 0.15) is 56.3 Å². The Morgan fingerprint density at radius 2 is 1.79 bits per heavy atom. The average molecular weight is 334 g/mol. The number of methoxy groups -OCH3 is 1. The van der Waals surface area contributed by atoms with Crippen LogP contribution in [0.4, 0.5) is 0 Å². The van der Waals surface area contributed by atoms with E-state index < -0.39 is 0 Å². The number of benzene rings is 1. The zero-order valence-corrected chi connectivity index (χ0v) is 14.6. The Bertz CT molecular complexity index is 580. The van der Waals surface area contributed by atoms with Crippen LogP contribution in [0.25, 0.3) is 0 Å². The second-order valence-corrected chi connectivity index (χ2v) is 6.31. The van der Waals surface area contributed by atoms with E-state index in [4.69, 9.17) is 9.47 Å². The Morgan fingerprint density at radius 1 is 1.08 bits per heavy atom. The molecular formula is C18H26N2O4. The quantitative estimate of drug-likeness (QED) is 0.812. The van der Waals surface area contributed by atoms with Crippen molar-refractivity contribution >= 4 is 11.8 Å². The Labute approximate surface area is 142 Å². The minimum atomic E-state index is -0.381. The van der Waals surface area contributed by atoms with Crippen LogP contribution in [0.15, 0.2) is 18.2 Å². The van der Waals surface area contributed by atoms with Crippen molar-refractivity contribution in [1.29, 1.82) is 0 Å². The Morgan fingerprint density at radius 3 is 2.42 bits per heavy atom. The predicted molar refractivity (Wildman–Crippen MR) is 90.9 cm³/mol. The molecule has 0 bridgehead atoms. The van der Waals surface area contributed by atoms with Crippen LogP contribution in [-0.2, 0) is 4.79 Å². The van der Waals surface area contributed by atoms with Gasteiger partial charge in [0.15, 0.2) is 11.5 Å². The van der Waals surface area contributed by atoms with Gasteiger partial charge in [-0.05, 0) is 44.9 Å². The molecule has 0 radical (unpaired) electrons. The lowest BCUT2D eigenvalue weighted by atomic mass is 9.89. The van der Waals surface area contributed by atoms with Gasteiger partial charge in [0.1, 0.15) is 0 Å². The second-order valence-electron chi connectivity index (χ2n) is 6.31. The summed E-state index contributed by atoms with van der Waals surface area (Å²) >= 11 is 0. The van der Waals surface area contributed by atoms with Crippen molar-refractivity contribution in [3.8, 4) is 11.5 Å². The van der Waals surface area contributed by atoms with Crippen molar-refractivity contribution in [2.75, 3.05) is 7.11 Å². The minimum Gasteiger partial charge on any atom is -0.493 e. The molecule has 0 aliphatic heterocycles. The number of hydrogen-bond donors (Lipinski definition) is 2. The molecule has 132 valence electrons. The summed E-state index contributed by atoms with van der Waals surface area (Å²) in [6.45, 7) is 3.84. The lowest BCUT2D eigenvalue weighted by Crippen LogP contribution is -2.44. The molecule has 2 amide bonds. The third-order valence-corrected chi connectivity index (χ3v) is 4.06. The van der Waals surface area contributed by atoms with Crippen molar-refractivity contribution in [2.24, 2.45) is 5.92 Å². The monoisotopic (exact) mass is 334 g/mol. The predicted octanol–water partition coefficient (Wildman–Crippen LogP) is 2.82. The summed E-state index contributed by atoms with van der Waals surface area (Å²) < 4.78 is 10.9. The maximum Gasteiger partial charge on any atom is 0.269 e. The molecule has 2 N–H and O–H groups in total. The highest BCUT2D eigenvalue weighted by Crippen LogP contribution is 2.29. The molecule has 2 rings (SSSR count). The van der Waals surface area contributed by atoms with Gasteiger partial charge in [-0.1, -0.05) is 19.3 Å². The van der Waals surface area contributed by atoms with Crippen LogP contribution in [0, 0.1) is 5.92 Å². The van der Waals surface area contributed by atoms with Crippen LogP contribution in [0.5, 0.6) is 11.5 Å². The molecule has 1 aromatic carbocycles. The lowest BCUT2D eigenvalue weighted by Gasteiger charge is -2.20. The fourth-order valence-electron chi connectivity index (χ4n) is 2.82. The Hall–Kier alpha value is -2.24. The van der Waals surface area contributed by atoms with Crippen molar-refractivity contribution in [2.45, 2.75) is 52.1 Å². The number of carbonyl (C=O) groups excluding carboxylic acids is 2. The smallest absolute Gasteiger partial charge is 0.269 e. The summed E-state index contributed by atoms with van der Waals surface area (Å²) in [6, 6.07) is 4.93. The first-order valence-electron chi connectivity index (χ1n) is 8.46. The first-order valence-corrected chi connectivity index (χ1v) is 8.46. The molecule has 1 aromatic rings. The third-order valence-electron chi connectivity index (χ3n) is 4.06. The van der Waals surface area contributed by atoms with E-state index in [2.05, 4.69) is 10.9 Å². The number of hydrogen-bond acceptors (Lipinski definition) is 4. The highest BCUT2D eigenvalue weighted by molar-refractivity contribution is 5.96. The van der Waals surface area contributed by atoms with E-state index in [0.29, 0.717) is 17.1 Å². The zero-order chi connectivity index (χ0) is 17.5. The van der Waals surface area contributed by atoms with Crippen LogP contribution in [0.2, 0.25) is 0 Å². The van der Waals surface area contributed by atoms with Gasteiger partial charge in [0.05, 0.1) is 13.2 Å². The van der Waals surface area contributed by atoms with Gasteiger partial charge in [0.25, 0.3) is 5.91 Å². The Kier molecular flexibility index (Phi) is 6.46. The Balaban J connectivity index is 1.95. The first kappa shape index (κ1) is 18.1. The van der Waals surface area contributed by atoms with Crippen LogP contribution >= 0.6 is 0 Å². The van der Waals surface area contributed by atoms with Gasteiger partial charge >= 0.3 is 0 Å². The molecule has 0 heterocycles. The average Bonchev–Trinajstić information content (AvgIpc) is 2.60. The summed E-state index contributed by atoms with van der Waals surface area (Å²) in [4.78, 5) is 24.3. The molecule has 0 unspecified atom stereocenters. The number of amides is 2. The highest BCUT2D eigenvalue weighted by atomic mass is 16.5. The van der Waals surface area contributed by atoms with E-state index in [0.717, 1.165) is 25.7 Å². The third kappa shape index (κ3) is 4.88. The van der Waals surface area contributed by atoms with Gasteiger partial charge in [0, 0.05) is 11.5 Å². The van der Waals surface area contributed by atoms with Gasteiger partial charge < -0.3 is 9.47 Å². The summed E-state index contributed by atoms with van der Waals surface area (Å²) in [5, 5.41) is 0. The van der Waals surface area contributed by atoms with Crippen molar-refractivity contribution in [3.05, 3.63) is 23.8 Å². The van der Waals surface area contributed by atoms with E-state index in [1.54, 1.807) is 18.2 Å². The largest absolute Gasteiger partial charge is 0.493 e. The maximum absolute atomic E-state index is 12.2. The summed E-state index contributed by atoms with van der Waals surface area (Å²) in [5.41, 5.74) is 5.39. The van der Waals surface area contributed by atoms with Gasteiger partial charge in [-0.15, -0.1) is 0 Å². The lowest BCUT2D eigenvalue weighted by molar-refractivity contribution is -0.126. The summed E-state index contributed by atoms with van der Waals surface area (Å²) in [5.74, 6) is 0.559. The van der Waals surface area contributed by atoms with E-state index >= 15 is 0 Å². The van der Waals surface area contributed by atoms with E-state index in [1.807, 2.05) is 13.8 Å². The molecule has 0 spiro atoms. The van der Waals surface area contributed by atoms with Gasteiger partial charge in [-0.3, -0.25) is 20.4 Å². The van der Waals surface area contributed by atoms with Gasteiger partial charge in [-0.25, -0.2) is 0 Å².